The number of nitrogens with one attached hydrogen (secondary N) is 1. The van der Waals surface area contributed by atoms with E-state index in [1.165, 1.54) is 31.4 Å². The Kier molecular flexibility index (Phi) is 3.74. The first-order valence-electron chi connectivity index (χ1n) is 8.66. The zero-order valence-electron chi connectivity index (χ0n) is 13.0. The van der Waals surface area contributed by atoms with Crippen LogP contribution in [0.4, 0.5) is 5.82 Å². The smallest absolute Gasteiger partial charge is 0.157 e. The molecule has 2 heterocycles. The van der Waals surface area contributed by atoms with Crippen LogP contribution in [0, 0.1) is 0 Å². The van der Waals surface area contributed by atoms with E-state index in [1.807, 2.05) is 16.8 Å². The van der Waals surface area contributed by atoms with Gasteiger partial charge < -0.3 is 11.1 Å². The van der Waals surface area contributed by atoms with E-state index in [1.54, 1.807) is 0 Å². The van der Waals surface area contributed by atoms with Crippen molar-refractivity contribution in [3.05, 3.63) is 24.0 Å². The van der Waals surface area contributed by atoms with E-state index in [9.17, 15) is 0 Å². The largest absolute Gasteiger partial charge is 0.367 e. The second kappa shape index (κ2) is 5.88. The molecule has 0 spiro atoms. The number of nitrogens with zero attached hydrogens (tertiary/aromatic N) is 3. The van der Waals surface area contributed by atoms with Gasteiger partial charge in [0.25, 0.3) is 0 Å². The van der Waals surface area contributed by atoms with Gasteiger partial charge in [-0.15, -0.1) is 0 Å². The molecule has 5 nitrogen and oxygen atoms in total. The minimum Gasteiger partial charge on any atom is -0.367 e. The van der Waals surface area contributed by atoms with Gasteiger partial charge in [-0.3, -0.25) is 0 Å². The van der Waals surface area contributed by atoms with Gasteiger partial charge in [0.2, 0.25) is 0 Å². The lowest BCUT2D eigenvalue weighted by Gasteiger charge is -2.28. The van der Waals surface area contributed by atoms with Crippen molar-refractivity contribution in [2.24, 2.45) is 5.73 Å². The predicted octanol–water partition coefficient (Wildman–Crippen LogP) is 3.07. The number of anilines is 1. The fourth-order valence-corrected chi connectivity index (χ4v) is 3.94. The molecule has 0 aromatic carbocycles. The maximum Gasteiger partial charge on any atom is 0.157 e. The first kappa shape index (κ1) is 14.0. The Morgan fingerprint density at radius 1 is 1.09 bits per heavy atom. The average Bonchev–Trinajstić information content (AvgIpc) is 3.20. The lowest BCUT2D eigenvalue weighted by atomic mass is 9.92. The predicted molar refractivity (Wildman–Crippen MR) is 88.1 cm³/mol. The van der Waals surface area contributed by atoms with E-state index in [-0.39, 0.29) is 0 Å². The molecule has 0 radical (unpaired) electrons. The van der Waals surface area contributed by atoms with Crippen molar-refractivity contribution in [1.29, 1.82) is 0 Å². The van der Waals surface area contributed by atoms with Crippen molar-refractivity contribution < 1.29 is 0 Å². The highest BCUT2D eigenvalue weighted by Crippen LogP contribution is 2.34. The molecule has 118 valence electrons. The number of fused-ring (bicyclic) bond motifs is 1. The maximum absolute atomic E-state index is 6.02. The minimum absolute atomic E-state index is 0.384. The maximum atomic E-state index is 6.02. The van der Waals surface area contributed by atoms with Gasteiger partial charge in [0.1, 0.15) is 5.82 Å². The third-order valence-corrected chi connectivity index (χ3v) is 5.28. The second-order valence-corrected chi connectivity index (χ2v) is 6.90. The van der Waals surface area contributed by atoms with E-state index >= 15 is 0 Å². The number of aromatic nitrogens is 3. The molecule has 4 rings (SSSR count). The van der Waals surface area contributed by atoms with E-state index in [4.69, 9.17) is 10.7 Å². The number of hydrogen-bond donors (Lipinski definition) is 2. The SMILES string of the molecule is N[C@H]1CC[C@H](Nc2cc(C3CCCC3)nc3ccnn23)CC1. The van der Waals surface area contributed by atoms with Crippen LogP contribution in [0.3, 0.4) is 0 Å². The number of hydrogen-bond acceptors (Lipinski definition) is 4. The van der Waals surface area contributed by atoms with Gasteiger partial charge in [-0.25, -0.2) is 4.98 Å². The zero-order valence-corrected chi connectivity index (χ0v) is 13.0. The Labute approximate surface area is 131 Å². The van der Waals surface area contributed by atoms with E-state index in [0.29, 0.717) is 18.0 Å². The van der Waals surface area contributed by atoms with Crippen LogP contribution >= 0.6 is 0 Å². The van der Waals surface area contributed by atoms with Gasteiger partial charge in [0.15, 0.2) is 5.65 Å². The average molecular weight is 299 g/mol. The fourth-order valence-electron chi connectivity index (χ4n) is 3.94. The van der Waals surface area contributed by atoms with E-state index in [0.717, 1.165) is 37.1 Å². The van der Waals surface area contributed by atoms with Crippen molar-refractivity contribution >= 4 is 11.5 Å². The molecule has 0 amide bonds. The third-order valence-electron chi connectivity index (χ3n) is 5.28. The molecule has 22 heavy (non-hydrogen) atoms. The molecule has 0 aliphatic heterocycles. The number of nitrogens with two attached hydrogens (primary N) is 1. The van der Waals surface area contributed by atoms with Crippen LogP contribution in [0.15, 0.2) is 18.3 Å². The quantitative estimate of drug-likeness (QED) is 0.914. The Morgan fingerprint density at radius 2 is 1.86 bits per heavy atom. The summed E-state index contributed by atoms with van der Waals surface area (Å²) in [4.78, 5) is 4.82. The molecule has 0 unspecified atom stereocenters. The summed E-state index contributed by atoms with van der Waals surface area (Å²) in [6, 6.07) is 5.12. The summed E-state index contributed by atoms with van der Waals surface area (Å²) in [6.07, 6.45) is 11.6. The van der Waals surface area contributed by atoms with E-state index < -0.39 is 0 Å². The van der Waals surface area contributed by atoms with Crippen molar-refractivity contribution in [3.8, 4) is 0 Å². The van der Waals surface area contributed by atoms with Crippen molar-refractivity contribution in [3.63, 3.8) is 0 Å². The molecule has 0 atom stereocenters. The van der Waals surface area contributed by atoms with Crippen LogP contribution < -0.4 is 11.1 Å². The molecule has 2 aliphatic carbocycles. The standard InChI is InChI=1S/C17H25N5/c18-13-5-7-14(8-6-13)20-17-11-15(12-3-1-2-4-12)21-16-9-10-19-22(16)17/h9-14,20H,1-8,18H2/t13-,14-. The van der Waals surface area contributed by atoms with Crippen molar-refractivity contribution in [1.82, 2.24) is 14.6 Å². The summed E-state index contributed by atoms with van der Waals surface area (Å²) in [5.74, 6) is 1.72. The van der Waals surface area contributed by atoms with Gasteiger partial charge in [0, 0.05) is 35.8 Å². The van der Waals surface area contributed by atoms with Crippen LogP contribution in [0.25, 0.3) is 5.65 Å². The molecule has 5 heteroatoms. The topological polar surface area (TPSA) is 68.2 Å². The Bertz CT molecular complexity index is 636. The molecule has 2 aromatic heterocycles. The molecule has 2 saturated carbocycles. The molecule has 2 aliphatic rings. The molecule has 0 bridgehead atoms. The summed E-state index contributed by atoms with van der Waals surface area (Å²) >= 11 is 0. The molecule has 2 aromatic rings. The second-order valence-electron chi connectivity index (χ2n) is 6.90. The molecule has 2 fully saturated rings. The first-order chi connectivity index (χ1) is 10.8. The van der Waals surface area contributed by atoms with Crippen molar-refractivity contribution in [2.45, 2.75) is 69.4 Å². The lowest BCUT2D eigenvalue weighted by Crippen LogP contribution is -2.33. The highest BCUT2D eigenvalue weighted by atomic mass is 15.3. The monoisotopic (exact) mass is 299 g/mol. The lowest BCUT2D eigenvalue weighted by molar-refractivity contribution is 0.410. The Hall–Kier alpha value is -1.62. The van der Waals surface area contributed by atoms with Gasteiger partial charge in [0.05, 0.1) is 6.20 Å². The zero-order chi connectivity index (χ0) is 14.9. The fraction of sp³-hybridized carbons (Fsp3) is 0.647. The Balaban J connectivity index is 1.61. The summed E-state index contributed by atoms with van der Waals surface area (Å²) in [6.45, 7) is 0. The normalized spacial score (nSPS) is 26.6. The number of rotatable bonds is 3. The summed E-state index contributed by atoms with van der Waals surface area (Å²) in [7, 11) is 0. The molecule has 0 saturated heterocycles. The molecular weight excluding hydrogens is 274 g/mol. The summed E-state index contributed by atoms with van der Waals surface area (Å²) < 4.78 is 1.94. The first-order valence-corrected chi connectivity index (χ1v) is 8.66. The molecule has 3 N–H and O–H groups in total. The Morgan fingerprint density at radius 3 is 2.64 bits per heavy atom. The van der Waals surface area contributed by atoms with Gasteiger partial charge in [-0.1, -0.05) is 12.8 Å². The summed E-state index contributed by atoms with van der Waals surface area (Å²) in [5, 5.41) is 8.13. The third kappa shape index (κ3) is 2.70. The van der Waals surface area contributed by atoms with Crippen LogP contribution in [0.2, 0.25) is 0 Å². The van der Waals surface area contributed by atoms with Gasteiger partial charge >= 0.3 is 0 Å². The molecular formula is C17H25N5. The van der Waals surface area contributed by atoms with Gasteiger partial charge in [-0.2, -0.15) is 9.61 Å². The highest BCUT2D eigenvalue weighted by Gasteiger charge is 2.22. The van der Waals surface area contributed by atoms with Gasteiger partial charge in [-0.05, 0) is 38.5 Å². The van der Waals surface area contributed by atoms with Crippen molar-refractivity contribution in [2.75, 3.05) is 5.32 Å². The van der Waals surface area contributed by atoms with Crippen LogP contribution in [0.1, 0.15) is 63.0 Å². The van der Waals surface area contributed by atoms with Crippen LogP contribution in [0.5, 0.6) is 0 Å². The highest BCUT2D eigenvalue weighted by molar-refractivity contribution is 5.50. The van der Waals surface area contributed by atoms with Crippen LogP contribution in [-0.2, 0) is 0 Å². The van der Waals surface area contributed by atoms with E-state index in [2.05, 4.69) is 16.5 Å². The minimum atomic E-state index is 0.384. The summed E-state index contributed by atoms with van der Waals surface area (Å²) in [5.41, 5.74) is 8.21. The van der Waals surface area contributed by atoms with Crippen LogP contribution in [-0.4, -0.2) is 26.7 Å².